The van der Waals surface area contributed by atoms with Crippen molar-refractivity contribution in [2.24, 2.45) is 0 Å². The summed E-state index contributed by atoms with van der Waals surface area (Å²) < 4.78 is 5.43. The van der Waals surface area contributed by atoms with Crippen LogP contribution >= 0.6 is 0 Å². The zero-order valence-corrected chi connectivity index (χ0v) is 8.63. The van der Waals surface area contributed by atoms with E-state index in [0.29, 0.717) is 12.4 Å². The van der Waals surface area contributed by atoms with E-state index in [1.807, 2.05) is 30.3 Å². The molecule has 0 aromatic heterocycles. The molecule has 3 heteroatoms. The van der Waals surface area contributed by atoms with E-state index in [1.165, 1.54) is 18.2 Å². The van der Waals surface area contributed by atoms with Gasteiger partial charge >= 0.3 is 0 Å². The van der Waals surface area contributed by atoms with Crippen molar-refractivity contribution in [2.75, 3.05) is 0 Å². The Morgan fingerprint density at radius 1 is 0.875 bits per heavy atom. The molecule has 0 saturated heterocycles. The third-order valence-electron chi connectivity index (χ3n) is 2.12. The van der Waals surface area contributed by atoms with Crippen LogP contribution in [0.15, 0.2) is 48.5 Å². The van der Waals surface area contributed by atoms with Gasteiger partial charge in [-0.25, -0.2) is 0 Å². The van der Waals surface area contributed by atoms with Crippen LogP contribution in [0.4, 0.5) is 0 Å². The van der Waals surface area contributed by atoms with Crippen molar-refractivity contribution in [2.45, 2.75) is 6.61 Å². The fraction of sp³-hybridized carbons (Fsp3) is 0.0769. The van der Waals surface area contributed by atoms with E-state index in [4.69, 9.17) is 4.74 Å². The van der Waals surface area contributed by atoms with Gasteiger partial charge in [0.25, 0.3) is 0 Å². The highest BCUT2D eigenvalue weighted by Crippen LogP contribution is 2.26. The average molecular weight is 216 g/mol. The molecular formula is C13H12O3. The lowest BCUT2D eigenvalue weighted by Crippen LogP contribution is -1.94. The molecule has 0 radical (unpaired) electrons. The van der Waals surface area contributed by atoms with Crippen LogP contribution in [0.5, 0.6) is 17.2 Å². The van der Waals surface area contributed by atoms with Crippen LogP contribution < -0.4 is 4.74 Å². The highest BCUT2D eigenvalue weighted by atomic mass is 16.5. The van der Waals surface area contributed by atoms with Gasteiger partial charge in [0.1, 0.15) is 23.9 Å². The Bertz CT molecular complexity index is 446. The largest absolute Gasteiger partial charge is 0.508 e. The molecule has 2 N–H and O–H groups in total. The summed E-state index contributed by atoms with van der Waals surface area (Å²) in [6.45, 7) is 0.406. The van der Waals surface area contributed by atoms with Gasteiger partial charge < -0.3 is 14.9 Å². The van der Waals surface area contributed by atoms with Gasteiger partial charge in [-0.1, -0.05) is 30.3 Å². The van der Waals surface area contributed by atoms with Crippen LogP contribution in [-0.2, 0) is 6.61 Å². The van der Waals surface area contributed by atoms with Crippen LogP contribution in [0.3, 0.4) is 0 Å². The van der Waals surface area contributed by atoms with Gasteiger partial charge in [-0.15, -0.1) is 0 Å². The number of ether oxygens (including phenoxy) is 1. The summed E-state index contributed by atoms with van der Waals surface area (Å²) in [5.74, 6) is 0.424. The summed E-state index contributed by atoms with van der Waals surface area (Å²) in [4.78, 5) is 0. The smallest absolute Gasteiger partial charge is 0.127 e. The molecule has 0 unspecified atom stereocenters. The minimum atomic E-state index is -0.0111. The van der Waals surface area contributed by atoms with Crippen molar-refractivity contribution in [1.29, 1.82) is 0 Å². The number of rotatable bonds is 3. The SMILES string of the molecule is Oc1cc(O)cc(OCc2ccccc2)c1. The monoisotopic (exact) mass is 216 g/mol. The van der Waals surface area contributed by atoms with Gasteiger partial charge in [0.05, 0.1) is 0 Å². The van der Waals surface area contributed by atoms with E-state index in [9.17, 15) is 10.2 Å². The highest BCUT2D eigenvalue weighted by Gasteiger charge is 2.00. The Kier molecular flexibility index (Phi) is 2.96. The van der Waals surface area contributed by atoms with Crippen LogP contribution in [0.2, 0.25) is 0 Å². The molecule has 0 aliphatic heterocycles. The lowest BCUT2D eigenvalue weighted by Gasteiger charge is -2.07. The molecule has 0 aliphatic carbocycles. The van der Waals surface area contributed by atoms with Crippen LogP contribution in [0.1, 0.15) is 5.56 Å². The molecule has 16 heavy (non-hydrogen) atoms. The first-order valence-corrected chi connectivity index (χ1v) is 4.94. The number of benzene rings is 2. The zero-order chi connectivity index (χ0) is 11.4. The van der Waals surface area contributed by atoms with Gasteiger partial charge in [-0.05, 0) is 5.56 Å². The summed E-state index contributed by atoms with van der Waals surface area (Å²) in [5.41, 5.74) is 1.03. The van der Waals surface area contributed by atoms with Crippen LogP contribution in [0.25, 0.3) is 0 Å². The van der Waals surface area contributed by atoms with Crippen molar-refractivity contribution < 1.29 is 14.9 Å². The van der Waals surface area contributed by atoms with Crippen molar-refractivity contribution in [3.05, 3.63) is 54.1 Å². The fourth-order valence-corrected chi connectivity index (χ4v) is 1.39. The maximum Gasteiger partial charge on any atom is 0.127 e. The second-order valence-electron chi connectivity index (χ2n) is 3.46. The second kappa shape index (κ2) is 4.57. The molecule has 0 atom stereocenters. The van der Waals surface area contributed by atoms with E-state index in [2.05, 4.69) is 0 Å². The molecule has 0 aliphatic rings. The average Bonchev–Trinajstić information content (AvgIpc) is 2.27. The maximum absolute atomic E-state index is 9.25. The molecule has 0 heterocycles. The second-order valence-corrected chi connectivity index (χ2v) is 3.46. The highest BCUT2D eigenvalue weighted by molar-refractivity contribution is 5.40. The van der Waals surface area contributed by atoms with E-state index >= 15 is 0 Å². The molecule has 0 bridgehead atoms. The topological polar surface area (TPSA) is 49.7 Å². The van der Waals surface area contributed by atoms with E-state index in [-0.39, 0.29) is 11.5 Å². The van der Waals surface area contributed by atoms with Crippen molar-refractivity contribution in [1.82, 2.24) is 0 Å². The van der Waals surface area contributed by atoms with Crippen molar-refractivity contribution in [3.8, 4) is 17.2 Å². The molecule has 0 amide bonds. The summed E-state index contributed by atoms with van der Waals surface area (Å²) >= 11 is 0. The fourth-order valence-electron chi connectivity index (χ4n) is 1.39. The molecule has 0 saturated carbocycles. The van der Waals surface area contributed by atoms with E-state index in [0.717, 1.165) is 5.56 Å². The number of hydrogen-bond acceptors (Lipinski definition) is 3. The lowest BCUT2D eigenvalue weighted by atomic mass is 10.2. The molecule has 0 spiro atoms. The third-order valence-corrected chi connectivity index (χ3v) is 2.12. The lowest BCUT2D eigenvalue weighted by molar-refractivity contribution is 0.302. The predicted octanol–water partition coefficient (Wildman–Crippen LogP) is 2.68. The summed E-state index contributed by atoms with van der Waals surface area (Å²) in [7, 11) is 0. The van der Waals surface area contributed by atoms with E-state index < -0.39 is 0 Å². The normalized spacial score (nSPS) is 10.0. The molecule has 2 aromatic carbocycles. The summed E-state index contributed by atoms with van der Waals surface area (Å²) in [5, 5.41) is 18.5. The first-order chi connectivity index (χ1) is 7.74. The predicted molar refractivity (Wildman–Crippen MR) is 60.5 cm³/mol. The van der Waals surface area contributed by atoms with Gasteiger partial charge in [-0.2, -0.15) is 0 Å². The minimum absolute atomic E-state index is 0.0111. The van der Waals surface area contributed by atoms with E-state index in [1.54, 1.807) is 0 Å². The molecule has 0 fully saturated rings. The van der Waals surface area contributed by atoms with Crippen molar-refractivity contribution >= 4 is 0 Å². The van der Waals surface area contributed by atoms with Gasteiger partial charge in [0, 0.05) is 18.2 Å². The third kappa shape index (κ3) is 2.67. The number of aromatic hydroxyl groups is 2. The zero-order valence-electron chi connectivity index (χ0n) is 8.63. The van der Waals surface area contributed by atoms with Gasteiger partial charge in [0.15, 0.2) is 0 Å². The Morgan fingerprint density at radius 2 is 1.50 bits per heavy atom. The molecule has 2 rings (SSSR count). The first kappa shape index (κ1) is 10.4. The molecular weight excluding hydrogens is 204 g/mol. The Morgan fingerprint density at radius 3 is 2.12 bits per heavy atom. The minimum Gasteiger partial charge on any atom is -0.508 e. The van der Waals surface area contributed by atoms with Crippen LogP contribution in [0, 0.1) is 0 Å². The quantitative estimate of drug-likeness (QED) is 0.829. The molecule has 82 valence electrons. The molecule has 3 nitrogen and oxygen atoms in total. The Balaban J connectivity index is 2.05. The molecule has 2 aromatic rings. The van der Waals surface area contributed by atoms with Gasteiger partial charge in [0.2, 0.25) is 0 Å². The number of hydrogen-bond donors (Lipinski definition) is 2. The van der Waals surface area contributed by atoms with Gasteiger partial charge in [-0.3, -0.25) is 0 Å². The summed E-state index contributed by atoms with van der Waals surface area (Å²) in [6, 6.07) is 13.9. The first-order valence-electron chi connectivity index (χ1n) is 4.94. The number of phenolic OH excluding ortho intramolecular Hbond substituents is 2. The Labute approximate surface area is 93.6 Å². The Hall–Kier alpha value is -2.16. The summed E-state index contributed by atoms with van der Waals surface area (Å²) in [6.07, 6.45) is 0. The number of phenols is 2. The maximum atomic E-state index is 9.25. The standard InChI is InChI=1S/C13H12O3/c14-11-6-12(15)8-13(7-11)16-9-10-4-2-1-3-5-10/h1-8,14-15H,9H2. The van der Waals surface area contributed by atoms with Crippen LogP contribution in [-0.4, -0.2) is 10.2 Å². The van der Waals surface area contributed by atoms with Crippen molar-refractivity contribution in [3.63, 3.8) is 0 Å².